The van der Waals surface area contributed by atoms with E-state index in [1.165, 1.54) is 11.8 Å². The summed E-state index contributed by atoms with van der Waals surface area (Å²) in [6.07, 6.45) is 1.42. The van der Waals surface area contributed by atoms with Crippen LogP contribution in [0.4, 0.5) is 0 Å². The highest BCUT2D eigenvalue weighted by atomic mass is 32.2. The third-order valence-corrected chi connectivity index (χ3v) is 3.69. The van der Waals surface area contributed by atoms with Gasteiger partial charge in [-0.25, -0.2) is 0 Å². The van der Waals surface area contributed by atoms with Gasteiger partial charge in [0.15, 0.2) is 0 Å². The number of hydrogen-bond acceptors (Lipinski definition) is 4. The number of thioether (sulfide) groups is 1. The lowest BCUT2D eigenvalue weighted by atomic mass is 10.1. The molecule has 0 N–H and O–H groups in total. The van der Waals surface area contributed by atoms with Crippen molar-refractivity contribution in [1.29, 1.82) is 0 Å². The highest BCUT2D eigenvalue weighted by Gasteiger charge is 2.20. The van der Waals surface area contributed by atoms with Gasteiger partial charge in [0.25, 0.3) is 5.37 Å². The number of rotatable bonds is 7. The van der Waals surface area contributed by atoms with Crippen LogP contribution in [0.3, 0.4) is 0 Å². The van der Waals surface area contributed by atoms with Gasteiger partial charge >= 0.3 is 0 Å². The molecule has 0 heterocycles. The van der Waals surface area contributed by atoms with Crippen LogP contribution in [0.1, 0.15) is 18.9 Å². The van der Waals surface area contributed by atoms with E-state index < -0.39 is 5.37 Å². The number of methoxy groups -OCH3 is 1. The molecule has 0 saturated heterocycles. The first-order valence-electron chi connectivity index (χ1n) is 5.55. The van der Waals surface area contributed by atoms with E-state index in [1.807, 2.05) is 31.2 Å². The number of nitrogens with zero attached hydrogens (tertiary/aromatic N) is 1. The van der Waals surface area contributed by atoms with Crippen LogP contribution in [-0.2, 0) is 6.42 Å². The summed E-state index contributed by atoms with van der Waals surface area (Å²) in [5.41, 5.74) is 0.969. The molecule has 0 unspecified atom stereocenters. The van der Waals surface area contributed by atoms with Crippen LogP contribution in [0, 0.1) is 10.1 Å². The maximum Gasteiger partial charge on any atom is 0.262 e. The van der Waals surface area contributed by atoms with E-state index in [2.05, 4.69) is 0 Å². The Labute approximate surface area is 106 Å². The van der Waals surface area contributed by atoms with Gasteiger partial charge in [-0.15, -0.1) is 0 Å². The van der Waals surface area contributed by atoms with Crippen LogP contribution < -0.4 is 4.74 Å². The molecule has 0 spiro atoms. The minimum Gasteiger partial charge on any atom is -0.497 e. The first-order valence-corrected chi connectivity index (χ1v) is 6.60. The molecule has 94 valence electrons. The molecule has 0 aromatic heterocycles. The fraction of sp³-hybridized carbons (Fsp3) is 0.500. The van der Waals surface area contributed by atoms with Crippen molar-refractivity contribution in [2.45, 2.75) is 25.1 Å². The molecule has 0 aliphatic carbocycles. The van der Waals surface area contributed by atoms with Crippen LogP contribution in [0.5, 0.6) is 5.75 Å². The van der Waals surface area contributed by atoms with Crippen molar-refractivity contribution in [3.05, 3.63) is 39.9 Å². The Morgan fingerprint density at radius 2 is 2.06 bits per heavy atom. The van der Waals surface area contributed by atoms with E-state index in [0.29, 0.717) is 6.42 Å². The molecule has 0 amide bonds. The summed E-state index contributed by atoms with van der Waals surface area (Å²) in [6.45, 7) is 2.03. The molecular weight excluding hydrogens is 238 g/mol. The fourth-order valence-electron chi connectivity index (χ4n) is 1.41. The molecule has 0 aliphatic rings. The van der Waals surface area contributed by atoms with Gasteiger partial charge in [-0.1, -0.05) is 30.8 Å². The monoisotopic (exact) mass is 255 g/mol. The number of ether oxygens (including phenoxy) is 1. The lowest BCUT2D eigenvalue weighted by Gasteiger charge is -2.09. The van der Waals surface area contributed by atoms with Crippen molar-refractivity contribution in [3.8, 4) is 5.75 Å². The van der Waals surface area contributed by atoms with Gasteiger partial charge in [0.2, 0.25) is 0 Å². The molecule has 0 saturated carbocycles. The van der Waals surface area contributed by atoms with Crippen LogP contribution in [0.25, 0.3) is 0 Å². The molecule has 1 aromatic carbocycles. The zero-order valence-corrected chi connectivity index (χ0v) is 10.9. The van der Waals surface area contributed by atoms with Gasteiger partial charge in [-0.3, -0.25) is 10.1 Å². The van der Waals surface area contributed by atoms with E-state index in [-0.39, 0.29) is 4.92 Å². The first kappa shape index (κ1) is 13.8. The Morgan fingerprint density at radius 3 is 2.53 bits per heavy atom. The second-order valence-corrected chi connectivity index (χ2v) is 4.95. The Kier molecular flexibility index (Phi) is 5.83. The highest BCUT2D eigenvalue weighted by molar-refractivity contribution is 7.99. The normalized spacial score (nSPS) is 12.1. The van der Waals surface area contributed by atoms with Gasteiger partial charge < -0.3 is 4.74 Å². The zero-order chi connectivity index (χ0) is 12.7. The summed E-state index contributed by atoms with van der Waals surface area (Å²) >= 11 is 1.40. The Hall–Kier alpha value is -1.23. The Bertz CT molecular complexity index is 353. The Balaban J connectivity index is 2.61. The van der Waals surface area contributed by atoms with E-state index in [1.54, 1.807) is 7.11 Å². The minimum absolute atomic E-state index is 0.204. The first-order chi connectivity index (χ1) is 8.17. The minimum atomic E-state index is -0.552. The third kappa shape index (κ3) is 4.65. The average Bonchev–Trinajstić information content (AvgIpc) is 2.35. The average molecular weight is 255 g/mol. The van der Waals surface area contributed by atoms with Crippen molar-refractivity contribution < 1.29 is 9.66 Å². The van der Waals surface area contributed by atoms with Gasteiger partial charge in [0, 0.05) is 4.92 Å². The van der Waals surface area contributed by atoms with Crippen LogP contribution in [0.2, 0.25) is 0 Å². The maximum atomic E-state index is 10.9. The third-order valence-electron chi connectivity index (χ3n) is 2.32. The number of hydrogen-bond donors (Lipinski definition) is 0. The molecule has 0 fully saturated rings. The Morgan fingerprint density at radius 1 is 1.41 bits per heavy atom. The molecule has 0 radical (unpaired) electrons. The van der Waals surface area contributed by atoms with Crippen molar-refractivity contribution in [2.75, 3.05) is 12.9 Å². The molecule has 5 heteroatoms. The SMILES string of the molecule is CCCS[C@H](Cc1ccc(OC)cc1)[N+](=O)[O-]. The second-order valence-electron chi connectivity index (χ2n) is 3.66. The molecule has 0 bridgehead atoms. The van der Waals surface area contributed by atoms with E-state index in [4.69, 9.17) is 4.74 Å². The van der Waals surface area contributed by atoms with Crippen molar-refractivity contribution in [3.63, 3.8) is 0 Å². The topological polar surface area (TPSA) is 52.4 Å². The lowest BCUT2D eigenvalue weighted by molar-refractivity contribution is -0.494. The van der Waals surface area contributed by atoms with Crippen molar-refractivity contribution in [1.82, 2.24) is 0 Å². The van der Waals surface area contributed by atoms with Crippen LogP contribution in [-0.4, -0.2) is 23.2 Å². The standard InChI is InChI=1S/C12H17NO3S/c1-3-8-17-12(13(14)15)9-10-4-6-11(16-2)7-5-10/h4-7,12H,3,8-9H2,1-2H3/t12-/m1/s1. The van der Waals surface area contributed by atoms with Crippen molar-refractivity contribution in [2.24, 2.45) is 0 Å². The molecule has 4 nitrogen and oxygen atoms in total. The molecule has 0 aliphatic heterocycles. The lowest BCUT2D eigenvalue weighted by Crippen LogP contribution is -2.18. The predicted octanol–water partition coefficient (Wildman–Crippen LogP) is 2.98. The van der Waals surface area contributed by atoms with Crippen LogP contribution >= 0.6 is 11.8 Å². The van der Waals surface area contributed by atoms with Gasteiger partial charge in [0.1, 0.15) is 5.75 Å². The quantitative estimate of drug-likeness (QED) is 0.427. The number of nitro groups is 1. The summed E-state index contributed by atoms with van der Waals surface area (Å²) < 4.78 is 5.05. The van der Waals surface area contributed by atoms with E-state index in [0.717, 1.165) is 23.5 Å². The molecule has 17 heavy (non-hydrogen) atoms. The van der Waals surface area contributed by atoms with Gasteiger partial charge in [-0.05, 0) is 29.9 Å². The van der Waals surface area contributed by atoms with E-state index in [9.17, 15) is 10.1 Å². The maximum absolute atomic E-state index is 10.9. The largest absolute Gasteiger partial charge is 0.497 e. The summed E-state index contributed by atoms with van der Waals surface area (Å²) in [4.78, 5) is 10.7. The molecule has 1 aromatic rings. The van der Waals surface area contributed by atoms with Crippen molar-refractivity contribution >= 4 is 11.8 Å². The number of benzene rings is 1. The smallest absolute Gasteiger partial charge is 0.262 e. The molecule has 1 atom stereocenters. The van der Waals surface area contributed by atoms with Gasteiger partial charge in [-0.2, -0.15) is 0 Å². The van der Waals surface area contributed by atoms with Crippen LogP contribution in [0.15, 0.2) is 24.3 Å². The molecule has 1 rings (SSSR count). The molecular formula is C12H17NO3S. The fourth-order valence-corrected chi connectivity index (χ4v) is 2.35. The van der Waals surface area contributed by atoms with E-state index >= 15 is 0 Å². The highest BCUT2D eigenvalue weighted by Crippen LogP contribution is 2.19. The zero-order valence-electron chi connectivity index (χ0n) is 10.1. The summed E-state index contributed by atoms with van der Waals surface area (Å²) in [7, 11) is 1.60. The summed E-state index contributed by atoms with van der Waals surface area (Å²) in [5.74, 6) is 1.59. The summed E-state index contributed by atoms with van der Waals surface area (Å²) in [6, 6.07) is 7.41. The van der Waals surface area contributed by atoms with Gasteiger partial charge in [0.05, 0.1) is 13.5 Å². The summed E-state index contributed by atoms with van der Waals surface area (Å²) in [5, 5.41) is 10.3. The second kappa shape index (κ2) is 7.17. The predicted molar refractivity (Wildman–Crippen MR) is 70.2 cm³/mol.